The summed E-state index contributed by atoms with van der Waals surface area (Å²) in [7, 11) is 1.57. The van der Waals surface area contributed by atoms with E-state index in [9.17, 15) is 17.6 Å². The Morgan fingerprint density at radius 1 is 1.11 bits per heavy atom. The molecule has 9 heteroatoms. The van der Waals surface area contributed by atoms with Gasteiger partial charge in [-0.05, 0) is 43.8 Å². The highest BCUT2D eigenvalue weighted by Gasteiger charge is 2.20. The molecule has 0 aliphatic rings. The van der Waals surface area contributed by atoms with Gasteiger partial charge in [0.15, 0.2) is 0 Å². The van der Waals surface area contributed by atoms with Crippen molar-refractivity contribution in [3.8, 4) is 5.75 Å². The third kappa shape index (κ3) is 4.78. The number of hydrazone groups is 1. The largest absolute Gasteiger partial charge is 0.496 e. The fourth-order valence-electron chi connectivity index (χ4n) is 2.60. The molecule has 0 aliphatic carbocycles. The van der Waals surface area contributed by atoms with Crippen LogP contribution in [0.4, 0.5) is 23.2 Å². The third-order valence-corrected chi connectivity index (χ3v) is 4.32. The molecule has 0 bridgehead atoms. The van der Waals surface area contributed by atoms with Gasteiger partial charge >= 0.3 is 0 Å². The van der Waals surface area contributed by atoms with Crippen LogP contribution in [0.5, 0.6) is 5.75 Å². The molecule has 0 fully saturated rings. The predicted molar refractivity (Wildman–Crippen MR) is 99.5 cm³/mol. The summed E-state index contributed by atoms with van der Waals surface area (Å²) in [6.45, 7) is 8.06. The second kappa shape index (κ2) is 9.50. The molecule has 1 N–H and O–H groups in total. The summed E-state index contributed by atoms with van der Waals surface area (Å²) in [6, 6.07) is 5.34. The van der Waals surface area contributed by atoms with Gasteiger partial charge in [-0.15, -0.1) is 0 Å². The molecule has 2 rings (SSSR count). The fraction of sp³-hybridized carbons (Fsp3) is 0.368. The van der Waals surface area contributed by atoms with Gasteiger partial charge in [0.2, 0.25) is 11.6 Å². The Labute approximate surface area is 161 Å². The van der Waals surface area contributed by atoms with E-state index in [2.05, 4.69) is 15.0 Å². The van der Waals surface area contributed by atoms with E-state index in [4.69, 9.17) is 4.74 Å². The van der Waals surface area contributed by atoms with E-state index in [1.165, 1.54) is 0 Å². The maximum absolute atomic E-state index is 13.7. The van der Waals surface area contributed by atoms with E-state index >= 15 is 0 Å². The number of rotatable bonds is 8. The molecule has 28 heavy (non-hydrogen) atoms. The Balaban J connectivity index is 2.33. The molecule has 0 aliphatic heterocycles. The van der Waals surface area contributed by atoms with Crippen molar-refractivity contribution in [3.05, 3.63) is 52.9 Å². The molecule has 0 saturated heterocycles. The van der Waals surface area contributed by atoms with Crippen molar-refractivity contribution in [1.82, 2.24) is 9.88 Å². The van der Waals surface area contributed by atoms with Crippen molar-refractivity contribution in [3.63, 3.8) is 0 Å². The lowest BCUT2D eigenvalue weighted by molar-refractivity contribution is 0.289. The van der Waals surface area contributed by atoms with Crippen molar-refractivity contribution in [2.24, 2.45) is 5.10 Å². The molecule has 0 spiro atoms. The minimum Gasteiger partial charge on any atom is -0.496 e. The zero-order chi connectivity index (χ0) is 20.8. The van der Waals surface area contributed by atoms with Crippen LogP contribution in [0.15, 0.2) is 23.3 Å². The normalized spacial score (nSPS) is 11.8. The number of benzene rings is 1. The summed E-state index contributed by atoms with van der Waals surface area (Å²) in [4.78, 5) is 4.70. The van der Waals surface area contributed by atoms with Crippen LogP contribution in [0.3, 0.4) is 0 Å². The molecule has 1 aromatic heterocycles. The molecule has 0 atom stereocenters. The first kappa shape index (κ1) is 21.6. The third-order valence-electron chi connectivity index (χ3n) is 4.32. The minimum atomic E-state index is -1.75. The lowest BCUT2D eigenvalue weighted by Crippen LogP contribution is -2.22. The van der Waals surface area contributed by atoms with Crippen molar-refractivity contribution >= 4 is 11.4 Å². The van der Waals surface area contributed by atoms with Crippen LogP contribution in [-0.2, 0) is 6.54 Å². The maximum atomic E-state index is 13.7. The highest BCUT2D eigenvalue weighted by Crippen LogP contribution is 2.24. The second-order valence-corrected chi connectivity index (χ2v) is 5.99. The number of ether oxygens (including phenoxy) is 1. The Morgan fingerprint density at radius 3 is 2.25 bits per heavy atom. The standard InChI is InChI=1S/C19H22F4N4O/c1-5-27(6-2)10-13-9-12(7-8-14(13)28-4)11(3)25-26-17-15(20)18(22)24-19(23)16(17)21/h7-9H,5-6,10H2,1-4H3,(H,24,26)/b25-11-. The van der Waals surface area contributed by atoms with Gasteiger partial charge in [-0.3, -0.25) is 10.3 Å². The summed E-state index contributed by atoms with van der Waals surface area (Å²) in [5.41, 5.74) is 2.94. The molecule has 1 heterocycles. The smallest absolute Gasteiger partial charge is 0.254 e. The van der Waals surface area contributed by atoms with Crippen molar-refractivity contribution in [2.45, 2.75) is 27.3 Å². The Bertz CT molecular complexity index is 843. The quantitative estimate of drug-likeness (QED) is 0.311. The van der Waals surface area contributed by atoms with Crippen LogP contribution in [0.1, 0.15) is 31.9 Å². The summed E-state index contributed by atoms with van der Waals surface area (Å²) in [5, 5.41) is 3.86. The van der Waals surface area contributed by atoms with Gasteiger partial charge in [0, 0.05) is 12.1 Å². The number of methoxy groups -OCH3 is 1. The van der Waals surface area contributed by atoms with Crippen molar-refractivity contribution in [1.29, 1.82) is 0 Å². The number of aromatic nitrogens is 1. The Hall–Kier alpha value is -2.68. The van der Waals surface area contributed by atoms with Gasteiger partial charge in [-0.25, -0.2) is 0 Å². The Morgan fingerprint density at radius 2 is 1.71 bits per heavy atom. The predicted octanol–water partition coefficient (Wildman–Crippen LogP) is 4.32. The van der Waals surface area contributed by atoms with Gasteiger partial charge < -0.3 is 4.74 Å². The van der Waals surface area contributed by atoms with E-state index in [0.29, 0.717) is 23.6 Å². The van der Waals surface area contributed by atoms with Gasteiger partial charge in [-0.2, -0.15) is 27.6 Å². The number of nitrogens with zero attached hydrogens (tertiary/aromatic N) is 3. The number of anilines is 1. The number of pyridine rings is 1. The molecular weight excluding hydrogens is 376 g/mol. The lowest BCUT2D eigenvalue weighted by Gasteiger charge is -2.20. The molecule has 152 valence electrons. The average Bonchev–Trinajstić information content (AvgIpc) is 2.70. The van der Waals surface area contributed by atoms with E-state index in [0.717, 1.165) is 18.7 Å². The van der Waals surface area contributed by atoms with Crippen LogP contribution in [-0.4, -0.2) is 35.8 Å². The second-order valence-electron chi connectivity index (χ2n) is 5.99. The summed E-state index contributed by atoms with van der Waals surface area (Å²) in [6.07, 6.45) is 0. The average molecular weight is 398 g/mol. The SMILES string of the molecule is CCN(CC)Cc1cc(/C(C)=N\Nc2c(F)c(F)nc(F)c2F)ccc1OC. The monoisotopic (exact) mass is 398 g/mol. The first-order chi connectivity index (χ1) is 13.3. The molecule has 0 radical (unpaired) electrons. The molecule has 0 unspecified atom stereocenters. The zero-order valence-corrected chi connectivity index (χ0v) is 16.1. The van der Waals surface area contributed by atoms with Crippen LogP contribution in [0, 0.1) is 23.5 Å². The van der Waals surface area contributed by atoms with Crippen molar-refractivity contribution in [2.75, 3.05) is 25.6 Å². The molecule has 5 nitrogen and oxygen atoms in total. The van der Waals surface area contributed by atoms with Crippen LogP contribution < -0.4 is 10.2 Å². The van der Waals surface area contributed by atoms with E-state index in [1.807, 2.05) is 25.3 Å². The van der Waals surface area contributed by atoms with Crippen LogP contribution in [0.25, 0.3) is 0 Å². The van der Waals surface area contributed by atoms with Gasteiger partial charge in [0.25, 0.3) is 11.9 Å². The van der Waals surface area contributed by atoms with E-state index in [-0.39, 0.29) is 0 Å². The summed E-state index contributed by atoms with van der Waals surface area (Å²) >= 11 is 0. The topological polar surface area (TPSA) is 49.8 Å². The minimum absolute atomic E-state index is 0.361. The van der Waals surface area contributed by atoms with Crippen LogP contribution >= 0.6 is 0 Å². The Kier molecular flexibility index (Phi) is 7.33. The first-order valence-electron chi connectivity index (χ1n) is 8.72. The molecule has 0 saturated carbocycles. The van der Waals surface area contributed by atoms with Gasteiger partial charge in [-0.1, -0.05) is 13.8 Å². The summed E-state index contributed by atoms with van der Waals surface area (Å²) in [5.74, 6) is -6.09. The summed E-state index contributed by atoms with van der Waals surface area (Å²) < 4.78 is 59.1. The molecule has 2 aromatic rings. The zero-order valence-electron chi connectivity index (χ0n) is 16.1. The number of nitrogens with one attached hydrogen (secondary N) is 1. The molecular formula is C19H22F4N4O. The van der Waals surface area contributed by atoms with Gasteiger partial charge in [0.1, 0.15) is 11.4 Å². The highest BCUT2D eigenvalue weighted by molar-refractivity contribution is 5.99. The van der Waals surface area contributed by atoms with Crippen molar-refractivity contribution < 1.29 is 22.3 Å². The highest BCUT2D eigenvalue weighted by atomic mass is 19.2. The number of hydrogen-bond donors (Lipinski definition) is 1. The maximum Gasteiger partial charge on any atom is 0.254 e. The number of hydrogen-bond acceptors (Lipinski definition) is 5. The van der Waals surface area contributed by atoms with E-state index in [1.54, 1.807) is 26.2 Å². The lowest BCUT2D eigenvalue weighted by atomic mass is 10.1. The van der Waals surface area contributed by atoms with E-state index < -0.39 is 29.2 Å². The fourth-order valence-corrected chi connectivity index (χ4v) is 2.60. The van der Waals surface area contributed by atoms with Crippen LogP contribution in [0.2, 0.25) is 0 Å². The molecule has 0 amide bonds. The molecule has 1 aromatic carbocycles. The number of halogens is 4. The first-order valence-corrected chi connectivity index (χ1v) is 8.72. The van der Waals surface area contributed by atoms with Gasteiger partial charge in [0.05, 0.1) is 12.8 Å².